The van der Waals surface area contributed by atoms with E-state index < -0.39 is 0 Å². The predicted molar refractivity (Wildman–Crippen MR) is 79.0 cm³/mol. The summed E-state index contributed by atoms with van der Waals surface area (Å²) in [6.07, 6.45) is 1.02. The molecule has 0 aliphatic carbocycles. The highest BCUT2D eigenvalue weighted by Gasteiger charge is 2.11. The highest BCUT2D eigenvalue weighted by atomic mass is 16.3. The van der Waals surface area contributed by atoms with Gasteiger partial charge in [0.05, 0.1) is 6.61 Å². The van der Waals surface area contributed by atoms with E-state index in [1.165, 1.54) is 0 Å². The molecule has 0 aliphatic heterocycles. The van der Waals surface area contributed by atoms with Gasteiger partial charge in [-0.3, -0.25) is 0 Å². The Morgan fingerprint density at radius 1 is 1.11 bits per heavy atom. The summed E-state index contributed by atoms with van der Waals surface area (Å²) in [5, 5.41) is 12.6. The van der Waals surface area contributed by atoms with Crippen molar-refractivity contribution in [1.82, 2.24) is 15.1 Å². The lowest BCUT2D eigenvalue weighted by molar-refractivity contribution is 0.186. The van der Waals surface area contributed by atoms with Crippen molar-refractivity contribution in [2.24, 2.45) is 5.92 Å². The number of aliphatic hydroxyl groups excluding tert-OH is 1. The van der Waals surface area contributed by atoms with Crippen molar-refractivity contribution in [3.8, 4) is 0 Å². The average molecular weight is 259 g/mol. The first kappa shape index (κ1) is 17.8. The summed E-state index contributed by atoms with van der Waals surface area (Å²) in [6.45, 7) is 12.2. The van der Waals surface area contributed by atoms with Gasteiger partial charge in [-0.05, 0) is 39.5 Å². The summed E-state index contributed by atoms with van der Waals surface area (Å²) in [5.74, 6) is 0.693. The van der Waals surface area contributed by atoms with Gasteiger partial charge < -0.3 is 20.2 Å². The van der Waals surface area contributed by atoms with Crippen molar-refractivity contribution < 1.29 is 5.11 Å². The van der Waals surface area contributed by atoms with E-state index in [1.807, 2.05) is 0 Å². The third kappa shape index (κ3) is 9.83. The predicted octanol–water partition coefficient (Wildman–Crippen LogP) is 0.867. The zero-order chi connectivity index (χ0) is 14.0. The van der Waals surface area contributed by atoms with Gasteiger partial charge in [-0.2, -0.15) is 0 Å². The van der Waals surface area contributed by atoms with Gasteiger partial charge in [0.2, 0.25) is 0 Å². The molecule has 1 atom stereocenters. The highest BCUT2D eigenvalue weighted by molar-refractivity contribution is 4.69. The maximum absolute atomic E-state index is 9.28. The van der Waals surface area contributed by atoms with Gasteiger partial charge in [-0.25, -0.2) is 0 Å². The van der Waals surface area contributed by atoms with Crippen LogP contribution < -0.4 is 5.32 Å². The Kier molecular flexibility index (Phi) is 10.6. The second-order valence-electron chi connectivity index (χ2n) is 5.72. The first-order valence-corrected chi connectivity index (χ1v) is 7.20. The summed E-state index contributed by atoms with van der Waals surface area (Å²) < 4.78 is 0. The van der Waals surface area contributed by atoms with Crippen molar-refractivity contribution in [1.29, 1.82) is 0 Å². The lowest BCUT2D eigenvalue weighted by Crippen LogP contribution is -2.40. The minimum absolute atomic E-state index is 0.233. The Morgan fingerprint density at radius 2 is 1.78 bits per heavy atom. The van der Waals surface area contributed by atoms with Gasteiger partial charge in [0, 0.05) is 25.7 Å². The van der Waals surface area contributed by atoms with Crippen LogP contribution >= 0.6 is 0 Å². The molecule has 0 saturated carbocycles. The van der Waals surface area contributed by atoms with Crippen LogP contribution in [0.15, 0.2) is 0 Å². The van der Waals surface area contributed by atoms with E-state index in [0.717, 1.165) is 39.1 Å². The van der Waals surface area contributed by atoms with Crippen LogP contribution in [0.5, 0.6) is 0 Å². The van der Waals surface area contributed by atoms with Crippen LogP contribution in [0.25, 0.3) is 0 Å². The Hall–Kier alpha value is -0.160. The number of nitrogens with zero attached hydrogens (tertiary/aromatic N) is 2. The van der Waals surface area contributed by atoms with Crippen molar-refractivity contribution in [2.45, 2.75) is 33.2 Å². The molecule has 0 aromatic heterocycles. The minimum Gasteiger partial charge on any atom is -0.395 e. The highest BCUT2D eigenvalue weighted by Crippen LogP contribution is 2.02. The molecule has 0 aromatic carbocycles. The third-order valence-electron chi connectivity index (χ3n) is 2.99. The molecule has 0 saturated heterocycles. The average Bonchev–Trinajstić information content (AvgIpc) is 2.30. The van der Waals surface area contributed by atoms with Crippen LogP contribution in [0.2, 0.25) is 0 Å². The fraction of sp³-hybridized carbons (Fsp3) is 1.00. The maximum atomic E-state index is 9.28. The molecular weight excluding hydrogens is 226 g/mol. The number of hydrogen-bond donors (Lipinski definition) is 2. The van der Waals surface area contributed by atoms with Gasteiger partial charge in [0.1, 0.15) is 0 Å². The molecular formula is C14H33N3O. The Labute approximate surface area is 113 Å². The lowest BCUT2D eigenvalue weighted by atomic mass is 10.1. The van der Waals surface area contributed by atoms with Gasteiger partial charge in [-0.1, -0.05) is 20.8 Å². The number of hydrogen-bond acceptors (Lipinski definition) is 4. The number of rotatable bonds is 11. The monoisotopic (exact) mass is 259 g/mol. The van der Waals surface area contributed by atoms with Crippen molar-refractivity contribution in [3.05, 3.63) is 0 Å². The summed E-state index contributed by atoms with van der Waals surface area (Å²) in [7, 11) is 4.23. The molecule has 0 rings (SSSR count). The van der Waals surface area contributed by atoms with Crippen molar-refractivity contribution in [2.75, 3.05) is 53.4 Å². The number of nitrogens with one attached hydrogen (secondary N) is 1. The first-order valence-electron chi connectivity index (χ1n) is 7.20. The van der Waals surface area contributed by atoms with E-state index in [9.17, 15) is 5.11 Å². The van der Waals surface area contributed by atoms with E-state index in [-0.39, 0.29) is 12.6 Å². The molecule has 0 aromatic rings. The Bertz CT molecular complexity index is 186. The molecule has 4 heteroatoms. The Morgan fingerprint density at radius 3 is 2.22 bits per heavy atom. The maximum Gasteiger partial charge on any atom is 0.0585 e. The minimum atomic E-state index is 0.233. The topological polar surface area (TPSA) is 38.7 Å². The molecule has 0 aliphatic rings. The van der Waals surface area contributed by atoms with Gasteiger partial charge in [0.25, 0.3) is 0 Å². The fourth-order valence-electron chi connectivity index (χ4n) is 2.04. The molecule has 110 valence electrons. The van der Waals surface area contributed by atoms with Gasteiger partial charge in [0.15, 0.2) is 0 Å². The van der Waals surface area contributed by atoms with Crippen molar-refractivity contribution >= 4 is 0 Å². The SMILES string of the molecule is CCNC(CO)CCN(CCN(C)C)CC(C)C. The molecule has 0 radical (unpaired) electrons. The third-order valence-corrected chi connectivity index (χ3v) is 2.99. The largest absolute Gasteiger partial charge is 0.395 e. The smallest absolute Gasteiger partial charge is 0.0585 e. The second kappa shape index (κ2) is 10.7. The van der Waals surface area contributed by atoms with Crippen LogP contribution in [-0.2, 0) is 0 Å². The van der Waals surface area contributed by atoms with E-state index in [4.69, 9.17) is 0 Å². The molecule has 4 nitrogen and oxygen atoms in total. The van der Waals surface area contributed by atoms with Crippen LogP contribution in [-0.4, -0.2) is 74.4 Å². The lowest BCUT2D eigenvalue weighted by Gasteiger charge is -2.27. The quantitative estimate of drug-likeness (QED) is 0.577. The molecule has 1 unspecified atom stereocenters. The van der Waals surface area contributed by atoms with E-state index in [2.05, 4.69) is 50.0 Å². The van der Waals surface area contributed by atoms with Crippen LogP contribution in [0.1, 0.15) is 27.2 Å². The Balaban J connectivity index is 4.04. The molecule has 0 fully saturated rings. The molecule has 2 N–H and O–H groups in total. The van der Waals surface area contributed by atoms with E-state index >= 15 is 0 Å². The first-order chi connectivity index (χ1) is 8.49. The molecule has 18 heavy (non-hydrogen) atoms. The number of likely N-dealkylation sites (N-methyl/N-ethyl adjacent to an activating group) is 2. The fourth-order valence-corrected chi connectivity index (χ4v) is 2.04. The van der Waals surface area contributed by atoms with Gasteiger partial charge in [-0.15, -0.1) is 0 Å². The zero-order valence-electron chi connectivity index (χ0n) is 12.9. The second-order valence-corrected chi connectivity index (χ2v) is 5.72. The molecule has 0 heterocycles. The summed E-state index contributed by atoms with van der Waals surface area (Å²) in [6, 6.07) is 0.240. The standard InChI is InChI=1S/C14H33N3O/c1-6-15-14(12-18)7-8-17(11-13(2)3)10-9-16(4)5/h13-15,18H,6-12H2,1-5H3. The van der Waals surface area contributed by atoms with E-state index in [1.54, 1.807) is 0 Å². The summed E-state index contributed by atoms with van der Waals surface area (Å²) in [4.78, 5) is 4.73. The van der Waals surface area contributed by atoms with Crippen LogP contribution in [0, 0.1) is 5.92 Å². The number of aliphatic hydroxyl groups is 1. The van der Waals surface area contributed by atoms with Crippen LogP contribution in [0.4, 0.5) is 0 Å². The molecule has 0 spiro atoms. The van der Waals surface area contributed by atoms with Crippen LogP contribution in [0.3, 0.4) is 0 Å². The molecule has 0 bridgehead atoms. The van der Waals surface area contributed by atoms with Gasteiger partial charge >= 0.3 is 0 Å². The summed E-state index contributed by atoms with van der Waals surface area (Å²) >= 11 is 0. The van der Waals surface area contributed by atoms with Crippen molar-refractivity contribution in [3.63, 3.8) is 0 Å². The molecule has 0 amide bonds. The summed E-state index contributed by atoms with van der Waals surface area (Å²) in [5.41, 5.74) is 0. The normalized spacial score (nSPS) is 13.8. The van der Waals surface area contributed by atoms with E-state index in [0.29, 0.717) is 5.92 Å². The zero-order valence-corrected chi connectivity index (χ0v) is 12.9.